The monoisotopic (exact) mass is 423 g/mol. The maximum atomic E-state index is 12.9. The molecule has 4 rings (SSSR count). The molecule has 1 atom stereocenters. The molecular formula is C22H18ClN3O4. The summed E-state index contributed by atoms with van der Waals surface area (Å²) >= 11 is 5.83. The second-order valence-electron chi connectivity index (χ2n) is 6.85. The van der Waals surface area contributed by atoms with Gasteiger partial charge in [0, 0.05) is 23.6 Å². The fraction of sp³-hybridized carbons (Fsp3) is 0.136. The van der Waals surface area contributed by atoms with Gasteiger partial charge in [-0.2, -0.15) is 0 Å². The Hall–Kier alpha value is -3.58. The van der Waals surface area contributed by atoms with E-state index < -0.39 is 23.8 Å². The highest BCUT2D eigenvalue weighted by Crippen LogP contribution is 2.25. The van der Waals surface area contributed by atoms with Crippen molar-refractivity contribution in [3.63, 3.8) is 0 Å². The molecule has 2 aromatic carbocycles. The van der Waals surface area contributed by atoms with E-state index in [4.69, 9.17) is 16.0 Å². The fourth-order valence-corrected chi connectivity index (χ4v) is 3.51. The molecule has 0 fully saturated rings. The second kappa shape index (κ2) is 8.42. The van der Waals surface area contributed by atoms with E-state index in [1.807, 2.05) is 24.3 Å². The fourth-order valence-electron chi connectivity index (χ4n) is 3.39. The molecule has 7 nitrogen and oxygen atoms in total. The van der Waals surface area contributed by atoms with Crippen LogP contribution in [0.5, 0.6) is 0 Å². The molecule has 0 radical (unpaired) electrons. The first-order valence-corrected chi connectivity index (χ1v) is 9.68. The number of amides is 3. The van der Waals surface area contributed by atoms with Crippen LogP contribution in [0.3, 0.4) is 0 Å². The predicted octanol–water partition coefficient (Wildman–Crippen LogP) is 2.96. The lowest BCUT2D eigenvalue weighted by Gasteiger charge is -2.35. The molecule has 0 saturated heterocycles. The maximum Gasteiger partial charge on any atom is 0.290 e. The minimum atomic E-state index is -0.803. The molecule has 0 saturated carbocycles. The topological polar surface area (TPSA) is 91.7 Å². The molecule has 3 amide bonds. The highest BCUT2D eigenvalue weighted by molar-refractivity contribution is 6.30. The summed E-state index contributed by atoms with van der Waals surface area (Å²) in [5.74, 6) is -1.22. The molecule has 3 aromatic rings. The zero-order chi connectivity index (χ0) is 21.1. The summed E-state index contributed by atoms with van der Waals surface area (Å²) in [6, 6.07) is 16.3. The van der Waals surface area contributed by atoms with Gasteiger partial charge in [0.2, 0.25) is 0 Å². The molecule has 8 heteroatoms. The van der Waals surface area contributed by atoms with Crippen LogP contribution in [0.1, 0.15) is 32.0 Å². The van der Waals surface area contributed by atoms with Gasteiger partial charge in [0.25, 0.3) is 17.7 Å². The molecule has 0 bridgehead atoms. The molecule has 0 aliphatic carbocycles. The summed E-state index contributed by atoms with van der Waals surface area (Å²) < 4.78 is 5.23. The van der Waals surface area contributed by atoms with Crippen LogP contribution in [0.4, 0.5) is 0 Å². The molecule has 30 heavy (non-hydrogen) atoms. The number of nitrogens with one attached hydrogen (secondary N) is 2. The Morgan fingerprint density at radius 1 is 0.933 bits per heavy atom. The van der Waals surface area contributed by atoms with Crippen LogP contribution in [0.15, 0.2) is 71.3 Å². The molecule has 2 heterocycles. The van der Waals surface area contributed by atoms with Crippen molar-refractivity contribution in [1.29, 1.82) is 0 Å². The van der Waals surface area contributed by atoms with Crippen molar-refractivity contribution in [3.05, 3.63) is 94.4 Å². The molecule has 152 valence electrons. The average molecular weight is 424 g/mol. The first-order valence-electron chi connectivity index (χ1n) is 9.30. The summed E-state index contributed by atoms with van der Waals surface area (Å²) in [6.45, 7) is 0.263. The Kier molecular flexibility index (Phi) is 5.54. The Morgan fingerprint density at radius 3 is 2.37 bits per heavy atom. The lowest BCUT2D eigenvalue weighted by atomic mass is 9.93. The SMILES string of the molecule is O=C(NNC(=O)[C@H]1Cc2ccccc2CN1C(=O)c1ccco1)c1ccc(Cl)cc1. The molecule has 2 N–H and O–H groups in total. The summed E-state index contributed by atoms with van der Waals surface area (Å²) in [7, 11) is 0. The molecule has 1 aromatic heterocycles. The van der Waals surface area contributed by atoms with Gasteiger partial charge in [-0.3, -0.25) is 25.2 Å². The van der Waals surface area contributed by atoms with E-state index in [2.05, 4.69) is 10.9 Å². The quantitative estimate of drug-likeness (QED) is 0.633. The third-order valence-electron chi connectivity index (χ3n) is 4.95. The number of hydrogen-bond acceptors (Lipinski definition) is 4. The van der Waals surface area contributed by atoms with Crippen LogP contribution in [-0.2, 0) is 17.8 Å². The van der Waals surface area contributed by atoms with Crippen molar-refractivity contribution < 1.29 is 18.8 Å². The maximum absolute atomic E-state index is 12.9. The third-order valence-corrected chi connectivity index (χ3v) is 5.20. The first kappa shape index (κ1) is 19.7. The smallest absolute Gasteiger partial charge is 0.290 e. The normalized spacial score (nSPS) is 15.2. The van der Waals surface area contributed by atoms with Crippen molar-refractivity contribution in [2.24, 2.45) is 0 Å². The summed E-state index contributed by atoms with van der Waals surface area (Å²) in [5.41, 5.74) is 7.11. The van der Waals surface area contributed by atoms with Crippen molar-refractivity contribution in [2.45, 2.75) is 19.0 Å². The molecular weight excluding hydrogens is 406 g/mol. The number of furan rings is 1. The third kappa shape index (κ3) is 4.06. The highest BCUT2D eigenvalue weighted by atomic mass is 35.5. The van der Waals surface area contributed by atoms with Crippen molar-refractivity contribution in [1.82, 2.24) is 15.8 Å². The number of hydrogen-bond donors (Lipinski definition) is 2. The van der Waals surface area contributed by atoms with Gasteiger partial charge in [-0.1, -0.05) is 35.9 Å². The number of rotatable bonds is 3. The summed E-state index contributed by atoms with van der Waals surface area (Å²) in [4.78, 5) is 39.6. The summed E-state index contributed by atoms with van der Waals surface area (Å²) in [6.07, 6.45) is 1.73. The Balaban J connectivity index is 1.51. The summed E-state index contributed by atoms with van der Waals surface area (Å²) in [5, 5.41) is 0.503. The largest absolute Gasteiger partial charge is 0.459 e. The zero-order valence-electron chi connectivity index (χ0n) is 15.8. The number of halogens is 1. The number of hydrazine groups is 1. The van der Waals surface area contributed by atoms with Crippen molar-refractivity contribution in [3.8, 4) is 0 Å². The molecule has 0 unspecified atom stereocenters. The highest BCUT2D eigenvalue weighted by Gasteiger charge is 2.36. The number of nitrogens with zero attached hydrogens (tertiary/aromatic N) is 1. The molecule has 1 aliphatic rings. The van der Waals surface area contributed by atoms with Crippen molar-refractivity contribution >= 4 is 29.3 Å². The van der Waals surface area contributed by atoms with Crippen LogP contribution < -0.4 is 10.9 Å². The number of carbonyl (C=O) groups is 3. The van der Waals surface area contributed by atoms with Crippen molar-refractivity contribution in [2.75, 3.05) is 0 Å². The Bertz CT molecular complexity index is 1080. The van der Waals surface area contributed by atoms with Gasteiger partial charge in [-0.15, -0.1) is 0 Å². The van der Waals surface area contributed by atoms with Crippen LogP contribution in [0, 0.1) is 0 Å². The van der Waals surface area contributed by atoms with Gasteiger partial charge >= 0.3 is 0 Å². The Labute approximate surface area is 177 Å². The van der Waals surface area contributed by atoms with E-state index in [-0.39, 0.29) is 12.3 Å². The van der Waals surface area contributed by atoms with Gasteiger partial charge in [-0.25, -0.2) is 0 Å². The van der Waals surface area contributed by atoms with E-state index in [0.717, 1.165) is 11.1 Å². The van der Waals surface area contributed by atoms with Crippen LogP contribution >= 0.6 is 11.6 Å². The van der Waals surface area contributed by atoms with E-state index >= 15 is 0 Å². The zero-order valence-corrected chi connectivity index (χ0v) is 16.6. The van der Waals surface area contributed by atoms with Gasteiger partial charge in [-0.05, 0) is 47.5 Å². The molecule has 0 spiro atoms. The lowest BCUT2D eigenvalue weighted by Crippen LogP contribution is -2.56. The average Bonchev–Trinajstić information content (AvgIpc) is 3.31. The second-order valence-corrected chi connectivity index (χ2v) is 7.29. The van der Waals surface area contributed by atoms with Crippen LogP contribution in [-0.4, -0.2) is 28.7 Å². The van der Waals surface area contributed by atoms with E-state index in [9.17, 15) is 14.4 Å². The first-order chi connectivity index (χ1) is 14.5. The minimum Gasteiger partial charge on any atom is -0.459 e. The number of benzene rings is 2. The van der Waals surface area contributed by atoms with Gasteiger partial charge in [0.15, 0.2) is 5.76 Å². The van der Waals surface area contributed by atoms with E-state index in [1.54, 1.807) is 36.4 Å². The minimum absolute atomic E-state index is 0.150. The van der Waals surface area contributed by atoms with Gasteiger partial charge in [0.05, 0.1) is 6.26 Å². The van der Waals surface area contributed by atoms with Gasteiger partial charge < -0.3 is 9.32 Å². The number of carbonyl (C=O) groups excluding carboxylic acids is 3. The van der Waals surface area contributed by atoms with Gasteiger partial charge in [0.1, 0.15) is 6.04 Å². The lowest BCUT2D eigenvalue weighted by molar-refractivity contribution is -0.127. The van der Waals surface area contributed by atoms with E-state index in [0.29, 0.717) is 17.0 Å². The standard InChI is InChI=1S/C22H18ClN3O4/c23-17-9-7-14(8-10-17)20(27)24-25-21(28)18-12-15-4-1-2-5-16(15)13-26(18)22(29)19-6-3-11-30-19/h1-11,18H,12-13H2,(H,24,27)(H,25,28)/t18-/m1/s1. The van der Waals surface area contributed by atoms with Crippen LogP contribution in [0.2, 0.25) is 5.02 Å². The predicted molar refractivity (Wildman–Crippen MR) is 110 cm³/mol. The Morgan fingerprint density at radius 2 is 1.67 bits per heavy atom. The number of fused-ring (bicyclic) bond motifs is 1. The van der Waals surface area contributed by atoms with E-state index in [1.165, 1.54) is 11.2 Å². The van der Waals surface area contributed by atoms with Crippen LogP contribution in [0.25, 0.3) is 0 Å². The molecule has 1 aliphatic heterocycles.